The molecule has 0 spiro atoms. The summed E-state index contributed by atoms with van der Waals surface area (Å²) < 4.78 is 5.56. The molecule has 0 aliphatic rings. The minimum absolute atomic E-state index is 0.00000777. The first-order chi connectivity index (χ1) is 19.1. The normalized spacial score (nSPS) is 13.7. The summed E-state index contributed by atoms with van der Waals surface area (Å²) in [7, 11) is 0. The van der Waals surface area contributed by atoms with Crippen LogP contribution in [0.15, 0.2) is 54.6 Å². The standard InChI is InChI=1S/C33H39N3O4/c1-7-19(2)17-40-18-29(38)30(39)24-10-13-27(28(37)16-24)33-35-31(25-11-8-20(3)14-22(25)5)34-32(36-33)26-12-9-21(4)15-23(26)6/h8-16,19,29-30,37-39H,7,17-18H2,1-6H3. The average Bonchev–Trinajstić information content (AvgIpc) is 2.92. The van der Waals surface area contributed by atoms with E-state index < -0.39 is 12.2 Å². The van der Waals surface area contributed by atoms with Crippen molar-refractivity contribution in [2.45, 2.75) is 60.2 Å². The number of aliphatic hydroxyl groups is 2. The van der Waals surface area contributed by atoms with Crippen molar-refractivity contribution in [3.8, 4) is 39.9 Å². The van der Waals surface area contributed by atoms with E-state index in [-0.39, 0.29) is 12.4 Å². The minimum atomic E-state index is -1.22. The zero-order valence-corrected chi connectivity index (χ0v) is 24.1. The van der Waals surface area contributed by atoms with Crippen LogP contribution in [0.25, 0.3) is 34.2 Å². The van der Waals surface area contributed by atoms with Crippen LogP contribution in [-0.4, -0.2) is 49.6 Å². The number of ether oxygens (including phenoxy) is 1. The van der Waals surface area contributed by atoms with Crippen molar-refractivity contribution in [3.05, 3.63) is 82.4 Å². The second-order valence-corrected chi connectivity index (χ2v) is 10.8. The second kappa shape index (κ2) is 12.7. The maximum atomic E-state index is 11.0. The summed E-state index contributed by atoms with van der Waals surface area (Å²) in [4.78, 5) is 14.4. The van der Waals surface area contributed by atoms with Crippen LogP contribution in [0.2, 0.25) is 0 Å². The molecular weight excluding hydrogens is 502 g/mol. The van der Waals surface area contributed by atoms with E-state index in [1.807, 2.05) is 52.0 Å². The average molecular weight is 542 g/mol. The number of rotatable bonds is 10. The first-order valence-corrected chi connectivity index (χ1v) is 13.8. The summed E-state index contributed by atoms with van der Waals surface area (Å²) in [5.41, 5.74) is 6.90. The number of aliphatic hydroxyl groups excluding tert-OH is 2. The van der Waals surface area contributed by atoms with Gasteiger partial charge in [0.1, 0.15) is 18.0 Å². The molecule has 3 N–H and O–H groups in total. The number of benzene rings is 3. The van der Waals surface area contributed by atoms with Crippen LogP contribution < -0.4 is 0 Å². The van der Waals surface area contributed by atoms with Crippen molar-refractivity contribution in [3.63, 3.8) is 0 Å². The third-order valence-corrected chi connectivity index (χ3v) is 7.24. The van der Waals surface area contributed by atoms with Gasteiger partial charge in [-0.25, -0.2) is 15.0 Å². The molecule has 4 rings (SSSR count). The monoisotopic (exact) mass is 541 g/mol. The highest BCUT2D eigenvalue weighted by Crippen LogP contribution is 2.34. The fraction of sp³-hybridized carbons (Fsp3) is 0.364. The van der Waals surface area contributed by atoms with Crippen molar-refractivity contribution in [2.24, 2.45) is 5.92 Å². The van der Waals surface area contributed by atoms with Crippen LogP contribution in [0.3, 0.4) is 0 Å². The van der Waals surface area contributed by atoms with E-state index in [4.69, 9.17) is 19.7 Å². The van der Waals surface area contributed by atoms with E-state index in [0.29, 0.717) is 41.1 Å². The summed E-state index contributed by atoms with van der Waals surface area (Å²) in [6, 6.07) is 17.0. The molecule has 0 aliphatic carbocycles. The van der Waals surface area contributed by atoms with E-state index in [2.05, 4.69) is 26.0 Å². The zero-order chi connectivity index (χ0) is 29.0. The molecule has 0 amide bonds. The Morgan fingerprint density at radius 3 is 1.68 bits per heavy atom. The third kappa shape index (κ3) is 6.73. The largest absolute Gasteiger partial charge is 0.507 e. The van der Waals surface area contributed by atoms with Crippen LogP contribution in [0.5, 0.6) is 5.75 Å². The number of aryl methyl sites for hydroxylation is 4. The molecule has 0 saturated heterocycles. The number of aromatic hydroxyl groups is 1. The van der Waals surface area contributed by atoms with Gasteiger partial charge in [-0.05, 0) is 62.4 Å². The van der Waals surface area contributed by atoms with Gasteiger partial charge < -0.3 is 20.1 Å². The maximum Gasteiger partial charge on any atom is 0.167 e. The van der Waals surface area contributed by atoms with E-state index in [0.717, 1.165) is 39.8 Å². The fourth-order valence-corrected chi connectivity index (χ4v) is 4.61. The molecule has 40 heavy (non-hydrogen) atoms. The Bertz CT molecular complexity index is 1420. The molecule has 0 saturated carbocycles. The number of hydrogen-bond donors (Lipinski definition) is 3. The molecule has 3 atom stereocenters. The van der Waals surface area contributed by atoms with Gasteiger partial charge in [0.05, 0.1) is 12.2 Å². The highest BCUT2D eigenvalue weighted by Gasteiger charge is 2.22. The lowest BCUT2D eigenvalue weighted by molar-refractivity contribution is -0.0448. The Labute approximate surface area is 236 Å². The predicted molar refractivity (Wildman–Crippen MR) is 158 cm³/mol. The van der Waals surface area contributed by atoms with Gasteiger partial charge in [-0.1, -0.05) is 73.9 Å². The molecule has 7 heteroatoms. The van der Waals surface area contributed by atoms with E-state index in [9.17, 15) is 15.3 Å². The van der Waals surface area contributed by atoms with Gasteiger partial charge in [-0.2, -0.15) is 0 Å². The zero-order valence-electron chi connectivity index (χ0n) is 24.1. The van der Waals surface area contributed by atoms with Crippen molar-refractivity contribution in [2.75, 3.05) is 13.2 Å². The lowest BCUT2D eigenvalue weighted by Crippen LogP contribution is -2.25. The Balaban J connectivity index is 1.72. The highest BCUT2D eigenvalue weighted by atomic mass is 16.5. The Morgan fingerprint density at radius 2 is 1.20 bits per heavy atom. The summed E-state index contributed by atoms with van der Waals surface area (Å²) in [6.45, 7) is 12.8. The molecule has 210 valence electrons. The predicted octanol–water partition coefficient (Wildman–Crippen LogP) is 6.27. The van der Waals surface area contributed by atoms with Crippen molar-refractivity contribution in [1.82, 2.24) is 15.0 Å². The maximum absolute atomic E-state index is 11.0. The minimum Gasteiger partial charge on any atom is -0.507 e. The van der Waals surface area contributed by atoms with Gasteiger partial charge in [0, 0.05) is 17.7 Å². The van der Waals surface area contributed by atoms with Crippen molar-refractivity contribution < 1.29 is 20.1 Å². The molecule has 7 nitrogen and oxygen atoms in total. The third-order valence-electron chi connectivity index (χ3n) is 7.24. The molecular formula is C33H39N3O4. The first kappa shape index (κ1) is 29.3. The number of nitrogens with zero attached hydrogens (tertiary/aromatic N) is 3. The summed E-state index contributed by atoms with van der Waals surface area (Å²) >= 11 is 0. The molecule has 0 radical (unpaired) electrons. The van der Waals surface area contributed by atoms with Crippen molar-refractivity contribution in [1.29, 1.82) is 0 Å². The molecule has 0 fully saturated rings. The number of phenols is 1. The molecule has 0 aliphatic heterocycles. The van der Waals surface area contributed by atoms with E-state index >= 15 is 0 Å². The second-order valence-electron chi connectivity index (χ2n) is 10.8. The SMILES string of the molecule is CCC(C)COCC(O)C(O)c1ccc(-c2nc(-c3ccc(C)cc3C)nc(-c3ccc(C)cc3C)n2)c(O)c1. The van der Waals surface area contributed by atoms with Gasteiger partial charge in [0.15, 0.2) is 17.5 Å². The van der Waals surface area contributed by atoms with Gasteiger partial charge in [0.25, 0.3) is 0 Å². The van der Waals surface area contributed by atoms with Crippen LogP contribution in [0, 0.1) is 33.6 Å². The lowest BCUT2D eigenvalue weighted by Gasteiger charge is -2.20. The van der Waals surface area contributed by atoms with Gasteiger partial charge in [0.2, 0.25) is 0 Å². The fourth-order valence-electron chi connectivity index (χ4n) is 4.61. The molecule has 0 bridgehead atoms. The molecule has 1 aromatic heterocycles. The Morgan fingerprint density at radius 1 is 0.700 bits per heavy atom. The number of hydrogen-bond acceptors (Lipinski definition) is 7. The van der Waals surface area contributed by atoms with Crippen LogP contribution in [0.1, 0.15) is 54.2 Å². The highest BCUT2D eigenvalue weighted by molar-refractivity contribution is 5.72. The smallest absolute Gasteiger partial charge is 0.167 e. The van der Waals surface area contributed by atoms with Crippen LogP contribution in [-0.2, 0) is 4.74 Å². The van der Waals surface area contributed by atoms with E-state index in [1.54, 1.807) is 12.1 Å². The summed E-state index contributed by atoms with van der Waals surface area (Å²) in [6.07, 6.45) is -1.37. The molecule has 3 unspecified atom stereocenters. The Hall–Kier alpha value is -3.65. The lowest BCUT2D eigenvalue weighted by atomic mass is 10.0. The number of aromatic nitrogens is 3. The Kier molecular flexibility index (Phi) is 9.30. The van der Waals surface area contributed by atoms with Gasteiger partial charge in [-0.3, -0.25) is 0 Å². The summed E-state index contributed by atoms with van der Waals surface area (Å²) in [5, 5.41) is 32.2. The quantitative estimate of drug-likeness (QED) is 0.217. The topological polar surface area (TPSA) is 109 Å². The molecule has 4 aromatic rings. The van der Waals surface area contributed by atoms with Crippen LogP contribution in [0.4, 0.5) is 0 Å². The van der Waals surface area contributed by atoms with Crippen LogP contribution >= 0.6 is 0 Å². The summed E-state index contributed by atoms with van der Waals surface area (Å²) in [5.74, 6) is 1.60. The molecule has 3 aromatic carbocycles. The number of phenolic OH excluding ortho intramolecular Hbond substituents is 1. The van der Waals surface area contributed by atoms with Gasteiger partial charge in [-0.15, -0.1) is 0 Å². The van der Waals surface area contributed by atoms with Gasteiger partial charge >= 0.3 is 0 Å². The first-order valence-electron chi connectivity index (χ1n) is 13.8. The molecule has 1 heterocycles. The van der Waals surface area contributed by atoms with Crippen molar-refractivity contribution >= 4 is 0 Å². The van der Waals surface area contributed by atoms with E-state index in [1.165, 1.54) is 6.07 Å².